The fourth-order valence-electron chi connectivity index (χ4n) is 2.16. The van der Waals surface area contributed by atoms with E-state index in [9.17, 15) is 18.0 Å². The van der Waals surface area contributed by atoms with Gasteiger partial charge in [-0.15, -0.1) is 13.2 Å². The molecule has 0 spiro atoms. The lowest BCUT2D eigenvalue weighted by atomic mass is 10.2. The molecule has 0 radical (unpaired) electrons. The van der Waals surface area contributed by atoms with E-state index in [-0.39, 0.29) is 11.0 Å². The minimum absolute atomic E-state index is 0.284. The summed E-state index contributed by atoms with van der Waals surface area (Å²) in [6.07, 6.45) is -1.29. The van der Waals surface area contributed by atoms with Gasteiger partial charge in [-0.1, -0.05) is 0 Å². The first-order valence-electron chi connectivity index (χ1n) is 7.35. The SMILES string of the molecule is Cc1c(C=C2SC(=O)NC2=Nc2ccc(OC(F)(F)F)cc2)cnn1C. The summed E-state index contributed by atoms with van der Waals surface area (Å²) < 4.78 is 42.1. The molecule has 1 aromatic carbocycles. The zero-order chi connectivity index (χ0) is 18.9. The average Bonchev–Trinajstić information content (AvgIpc) is 3.05. The Morgan fingerprint density at radius 3 is 2.58 bits per heavy atom. The van der Waals surface area contributed by atoms with E-state index in [1.807, 2.05) is 14.0 Å². The molecular weight excluding hydrogens is 369 g/mol. The maximum atomic E-state index is 12.2. The number of thioether (sulfide) groups is 1. The van der Waals surface area contributed by atoms with E-state index >= 15 is 0 Å². The Balaban J connectivity index is 1.86. The highest BCUT2D eigenvalue weighted by Crippen LogP contribution is 2.30. The van der Waals surface area contributed by atoms with Crippen LogP contribution in [-0.4, -0.2) is 27.2 Å². The van der Waals surface area contributed by atoms with Gasteiger partial charge in [0.15, 0.2) is 0 Å². The van der Waals surface area contributed by atoms with Gasteiger partial charge >= 0.3 is 6.36 Å². The summed E-state index contributed by atoms with van der Waals surface area (Å²) in [5.41, 5.74) is 2.14. The monoisotopic (exact) mass is 382 g/mol. The molecule has 0 unspecified atom stereocenters. The topological polar surface area (TPSA) is 68.5 Å². The van der Waals surface area contributed by atoms with Gasteiger partial charge in [-0.05, 0) is 49.0 Å². The van der Waals surface area contributed by atoms with Crippen LogP contribution in [0.25, 0.3) is 6.08 Å². The van der Waals surface area contributed by atoms with E-state index in [2.05, 4.69) is 20.1 Å². The Morgan fingerprint density at radius 2 is 2.00 bits per heavy atom. The molecule has 1 fully saturated rings. The number of hydrogen-bond donors (Lipinski definition) is 1. The Hall–Kier alpha value is -2.75. The number of halogens is 3. The number of alkyl halides is 3. The molecular formula is C16H13F3N4O2S. The lowest BCUT2D eigenvalue weighted by Crippen LogP contribution is -2.18. The van der Waals surface area contributed by atoms with E-state index in [4.69, 9.17) is 0 Å². The summed E-state index contributed by atoms with van der Waals surface area (Å²) >= 11 is 0.987. The number of ether oxygens (including phenoxy) is 1. The number of amidine groups is 1. The normalized spacial score (nSPS) is 17.8. The number of hydrogen-bond acceptors (Lipinski definition) is 5. The molecule has 2 heterocycles. The van der Waals surface area contributed by atoms with Crippen molar-refractivity contribution >= 4 is 34.6 Å². The van der Waals surface area contributed by atoms with Crippen molar-refractivity contribution in [1.29, 1.82) is 0 Å². The molecule has 2 aromatic rings. The summed E-state index contributed by atoms with van der Waals surface area (Å²) in [6, 6.07) is 5.06. The second-order valence-electron chi connectivity index (χ2n) is 5.33. The first kappa shape index (κ1) is 18.1. The first-order chi connectivity index (χ1) is 12.2. The molecule has 10 heteroatoms. The van der Waals surface area contributed by atoms with Crippen LogP contribution in [0.1, 0.15) is 11.3 Å². The quantitative estimate of drug-likeness (QED) is 0.866. The van der Waals surface area contributed by atoms with Crippen LogP contribution in [-0.2, 0) is 7.05 Å². The molecule has 6 nitrogen and oxygen atoms in total. The number of rotatable bonds is 3. The highest BCUT2D eigenvalue weighted by atomic mass is 32.2. The molecule has 0 aliphatic carbocycles. The standard InChI is InChI=1S/C16H13F3N4O2S/c1-9-10(8-20-23(9)2)7-13-14(22-15(24)26-13)21-11-3-5-12(6-4-11)25-16(17,18)19/h3-8H,1-2H3,(H,21,22,24). The average molecular weight is 382 g/mol. The zero-order valence-electron chi connectivity index (χ0n) is 13.7. The maximum Gasteiger partial charge on any atom is 0.573 e. The molecule has 1 saturated heterocycles. The highest BCUT2D eigenvalue weighted by molar-refractivity contribution is 8.18. The van der Waals surface area contributed by atoms with Gasteiger partial charge in [0.05, 0.1) is 16.8 Å². The number of carbonyl (C=O) groups is 1. The van der Waals surface area contributed by atoms with E-state index in [1.165, 1.54) is 12.1 Å². The largest absolute Gasteiger partial charge is 0.573 e. The zero-order valence-corrected chi connectivity index (χ0v) is 14.5. The summed E-state index contributed by atoms with van der Waals surface area (Å²) in [5.74, 6) is -0.0132. The van der Waals surface area contributed by atoms with Crippen molar-refractivity contribution in [2.75, 3.05) is 0 Å². The summed E-state index contributed by atoms with van der Waals surface area (Å²) in [4.78, 5) is 16.6. The second kappa shape index (κ2) is 6.87. The third-order valence-electron chi connectivity index (χ3n) is 3.53. The minimum Gasteiger partial charge on any atom is -0.406 e. The van der Waals surface area contributed by atoms with Gasteiger partial charge in [0.2, 0.25) is 0 Å². The van der Waals surface area contributed by atoms with E-state index in [0.717, 1.165) is 35.2 Å². The van der Waals surface area contributed by atoms with Crippen molar-refractivity contribution < 1.29 is 22.7 Å². The second-order valence-corrected chi connectivity index (χ2v) is 6.35. The van der Waals surface area contributed by atoms with Crippen molar-refractivity contribution in [3.63, 3.8) is 0 Å². The van der Waals surface area contributed by atoms with Crippen molar-refractivity contribution in [2.45, 2.75) is 13.3 Å². The molecule has 1 N–H and O–H groups in total. The fourth-order valence-corrected chi connectivity index (χ4v) is 2.89. The number of nitrogens with one attached hydrogen (secondary N) is 1. The van der Waals surface area contributed by atoms with E-state index in [1.54, 1.807) is 17.0 Å². The van der Waals surface area contributed by atoms with Crippen LogP contribution in [0.2, 0.25) is 0 Å². The van der Waals surface area contributed by atoms with Crippen LogP contribution in [0, 0.1) is 6.92 Å². The molecule has 1 amide bonds. The van der Waals surface area contributed by atoms with Crippen molar-refractivity contribution in [1.82, 2.24) is 15.1 Å². The summed E-state index contributed by atoms with van der Waals surface area (Å²) in [6.45, 7) is 1.89. The van der Waals surface area contributed by atoms with Gasteiger partial charge in [0.25, 0.3) is 5.24 Å². The van der Waals surface area contributed by atoms with Gasteiger partial charge in [0.1, 0.15) is 11.6 Å². The Labute approximate surface area is 150 Å². The predicted molar refractivity (Wildman–Crippen MR) is 92.3 cm³/mol. The lowest BCUT2D eigenvalue weighted by Gasteiger charge is -2.08. The first-order valence-corrected chi connectivity index (χ1v) is 8.17. The molecule has 3 rings (SSSR count). The van der Waals surface area contributed by atoms with Crippen LogP contribution >= 0.6 is 11.8 Å². The van der Waals surface area contributed by atoms with Crippen molar-refractivity contribution in [3.8, 4) is 5.75 Å². The molecule has 136 valence electrons. The number of amides is 1. The van der Waals surface area contributed by atoms with E-state index < -0.39 is 6.36 Å². The maximum absolute atomic E-state index is 12.2. The Morgan fingerprint density at radius 1 is 1.31 bits per heavy atom. The van der Waals surface area contributed by atoms with Crippen LogP contribution in [0.3, 0.4) is 0 Å². The highest BCUT2D eigenvalue weighted by Gasteiger charge is 2.31. The Kier molecular flexibility index (Phi) is 4.77. The molecule has 1 aromatic heterocycles. The molecule has 0 bridgehead atoms. The summed E-state index contributed by atoms with van der Waals surface area (Å²) in [5, 5.41) is 6.47. The minimum atomic E-state index is -4.75. The number of aryl methyl sites for hydroxylation is 1. The molecule has 26 heavy (non-hydrogen) atoms. The number of aliphatic imine (C=N–C) groups is 1. The smallest absolute Gasteiger partial charge is 0.406 e. The van der Waals surface area contributed by atoms with Gasteiger partial charge in [-0.2, -0.15) is 5.10 Å². The Bertz CT molecular complexity index is 901. The fraction of sp³-hybridized carbons (Fsp3) is 0.188. The van der Waals surface area contributed by atoms with Gasteiger partial charge in [-0.3, -0.25) is 9.48 Å². The molecule has 1 aliphatic heterocycles. The molecule has 0 saturated carbocycles. The summed E-state index contributed by atoms with van der Waals surface area (Å²) in [7, 11) is 1.81. The van der Waals surface area contributed by atoms with Crippen molar-refractivity contribution in [2.24, 2.45) is 12.0 Å². The van der Waals surface area contributed by atoms with Crippen LogP contribution in [0.4, 0.5) is 23.7 Å². The van der Waals surface area contributed by atoms with Crippen molar-refractivity contribution in [3.05, 3.63) is 46.6 Å². The molecule has 0 atom stereocenters. The van der Waals surface area contributed by atoms with Gasteiger partial charge < -0.3 is 10.1 Å². The predicted octanol–water partition coefficient (Wildman–Crippen LogP) is 4.15. The lowest BCUT2D eigenvalue weighted by molar-refractivity contribution is -0.274. The third kappa shape index (κ3) is 4.26. The van der Waals surface area contributed by atoms with E-state index in [0.29, 0.717) is 16.4 Å². The van der Waals surface area contributed by atoms with Crippen LogP contribution < -0.4 is 10.1 Å². The number of nitrogens with zero attached hydrogens (tertiary/aromatic N) is 3. The number of carbonyl (C=O) groups excluding carboxylic acids is 1. The van der Waals surface area contributed by atoms with Crippen LogP contribution in [0.15, 0.2) is 40.4 Å². The number of benzene rings is 1. The van der Waals surface area contributed by atoms with Crippen LogP contribution in [0.5, 0.6) is 5.75 Å². The van der Waals surface area contributed by atoms with Gasteiger partial charge in [0, 0.05) is 18.3 Å². The number of aromatic nitrogens is 2. The molecule has 1 aliphatic rings. The third-order valence-corrected chi connectivity index (χ3v) is 4.35. The van der Waals surface area contributed by atoms with Gasteiger partial charge in [-0.25, -0.2) is 4.99 Å².